The molecule has 4 aliphatic carbocycles. The monoisotopic (exact) mass is 417 g/mol. The van der Waals surface area contributed by atoms with Crippen molar-refractivity contribution in [2.75, 3.05) is 13.7 Å². The van der Waals surface area contributed by atoms with Gasteiger partial charge in [0.1, 0.15) is 6.61 Å². The second-order valence-electron chi connectivity index (χ2n) is 10.3. The molecule has 1 heterocycles. The maximum absolute atomic E-state index is 13.7. The standard InChI is InChI=1S/C27H31NO3/c1-30-24-12-23-16-28(26(29)27-13-19-9-21(14-27)22(10-19)15-27)8-7-20(23)11-25(24)31-17-18-5-3-2-4-6-18/h2-6,11-12,19,21-22H,7-10,13-17H2,1H3. The van der Waals surface area contributed by atoms with Crippen LogP contribution in [0.5, 0.6) is 11.5 Å². The highest BCUT2D eigenvalue weighted by Crippen LogP contribution is 2.64. The molecule has 5 aliphatic rings. The highest BCUT2D eigenvalue weighted by Gasteiger charge is 2.59. The molecule has 4 heteroatoms. The smallest absolute Gasteiger partial charge is 0.229 e. The van der Waals surface area contributed by atoms with Crippen LogP contribution in [0.4, 0.5) is 0 Å². The van der Waals surface area contributed by atoms with Crippen molar-refractivity contribution in [3.05, 3.63) is 59.2 Å². The van der Waals surface area contributed by atoms with Crippen LogP contribution in [0.15, 0.2) is 42.5 Å². The number of benzene rings is 2. The lowest BCUT2D eigenvalue weighted by molar-refractivity contribution is -0.146. The van der Waals surface area contributed by atoms with Gasteiger partial charge in [-0.25, -0.2) is 0 Å². The number of hydrogen-bond donors (Lipinski definition) is 0. The molecule has 1 aliphatic heterocycles. The minimum Gasteiger partial charge on any atom is -0.493 e. The summed E-state index contributed by atoms with van der Waals surface area (Å²) in [5.74, 6) is 4.42. The van der Waals surface area contributed by atoms with E-state index < -0.39 is 0 Å². The van der Waals surface area contributed by atoms with Crippen molar-refractivity contribution in [2.24, 2.45) is 23.2 Å². The normalized spacial score (nSPS) is 30.4. The van der Waals surface area contributed by atoms with Gasteiger partial charge in [0.2, 0.25) is 5.91 Å². The number of amides is 1. The van der Waals surface area contributed by atoms with Gasteiger partial charge in [-0.05, 0) is 85.1 Å². The zero-order valence-corrected chi connectivity index (χ0v) is 18.3. The molecule has 2 unspecified atom stereocenters. The maximum Gasteiger partial charge on any atom is 0.229 e. The van der Waals surface area contributed by atoms with Gasteiger partial charge in [-0.3, -0.25) is 4.79 Å². The summed E-state index contributed by atoms with van der Waals surface area (Å²) in [4.78, 5) is 15.8. The van der Waals surface area contributed by atoms with E-state index in [2.05, 4.69) is 29.2 Å². The number of fused-ring (bicyclic) bond motifs is 1. The number of carbonyl (C=O) groups excluding carboxylic acids is 1. The van der Waals surface area contributed by atoms with Crippen LogP contribution >= 0.6 is 0 Å². The molecule has 0 N–H and O–H groups in total. The Morgan fingerprint density at radius 2 is 1.77 bits per heavy atom. The van der Waals surface area contributed by atoms with Crippen LogP contribution in [0.3, 0.4) is 0 Å². The van der Waals surface area contributed by atoms with Crippen LogP contribution in [0.25, 0.3) is 0 Å². The van der Waals surface area contributed by atoms with Gasteiger partial charge >= 0.3 is 0 Å². The van der Waals surface area contributed by atoms with Crippen LogP contribution < -0.4 is 9.47 Å². The Balaban J connectivity index is 1.19. The second kappa shape index (κ2) is 7.29. The van der Waals surface area contributed by atoms with E-state index in [1.807, 2.05) is 18.2 Å². The largest absolute Gasteiger partial charge is 0.493 e. The van der Waals surface area contributed by atoms with Crippen LogP contribution in [0, 0.1) is 23.2 Å². The summed E-state index contributed by atoms with van der Waals surface area (Å²) in [6.07, 6.45) is 7.08. The van der Waals surface area contributed by atoms with Crippen molar-refractivity contribution < 1.29 is 14.3 Å². The Hall–Kier alpha value is -2.49. The van der Waals surface area contributed by atoms with Gasteiger partial charge in [-0.2, -0.15) is 0 Å². The molecule has 4 fully saturated rings. The van der Waals surface area contributed by atoms with Crippen LogP contribution in [0.2, 0.25) is 0 Å². The number of hydrogen-bond acceptors (Lipinski definition) is 3. The molecule has 0 aromatic heterocycles. The van der Waals surface area contributed by atoms with Crippen molar-refractivity contribution in [1.29, 1.82) is 0 Å². The van der Waals surface area contributed by atoms with E-state index in [0.29, 0.717) is 19.1 Å². The van der Waals surface area contributed by atoms with Gasteiger partial charge in [0.25, 0.3) is 0 Å². The third kappa shape index (κ3) is 3.22. The molecule has 2 aromatic carbocycles. The average molecular weight is 418 g/mol. The molecule has 2 aromatic rings. The molecule has 162 valence electrons. The number of carbonyl (C=O) groups is 1. The fraction of sp³-hybridized carbons (Fsp3) is 0.519. The summed E-state index contributed by atoms with van der Waals surface area (Å²) in [5.41, 5.74) is 3.58. The summed E-state index contributed by atoms with van der Waals surface area (Å²) in [6, 6.07) is 14.4. The summed E-state index contributed by atoms with van der Waals surface area (Å²) in [5, 5.41) is 0. The highest BCUT2D eigenvalue weighted by atomic mass is 16.5. The minimum atomic E-state index is -0.0448. The average Bonchev–Trinajstić information content (AvgIpc) is 3.23. The Morgan fingerprint density at radius 3 is 2.48 bits per heavy atom. The van der Waals surface area contributed by atoms with Gasteiger partial charge in [-0.1, -0.05) is 30.3 Å². The summed E-state index contributed by atoms with van der Waals surface area (Å²) in [7, 11) is 1.69. The van der Waals surface area contributed by atoms with E-state index in [4.69, 9.17) is 9.47 Å². The molecular weight excluding hydrogens is 386 g/mol. The molecule has 0 radical (unpaired) electrons. The number of ether oxygens (including phenoxy) is 2. The summed E-state index contributed by atoms with van der Waals surface area (Å²) in [6.45, 7) is 2.04. The molecule has 4 bridgehead atoms. The Bertz CT molecular complexity index is 982. The minimum absolute atomic E-state index is 0.0448. The zero-order valence-electron chi connectivity index (χ0n) is 18.3. The molecule has 31 heavy (non-hydrogen) atoms. The van der Waals surface area contributed by atoms with Gasteiger partial charge in [-0.15, -0.1) is 0 Å². The lowest BCUT2D eigenvalue weighted by Gasteiger charge is -2.42. The lowest BCUT2D eigenvalue weighted by atomic mass is 9.68. The maximum atomic E-state index is 13.7. The first-order valence-electron chi connectivity index (χ1n) is 11.8. The molecular formula is C27H31NO3. The third-order valence-electron chi connectivity index (χ3n) is 8.40. The van der Waals surface area contributed by atoms with Gasteiger partial charge in [0.05, 0.1) is 12.5 Å². The SMILES string of the molecule is COc1cc2c(cc1OCc1ccccc1)CCN(C(=O)C13CC4CC(C1)C(C4)C3)C2. The van der Waals surface area contributed by atoms with Crippen LogP contribution in [-0.4, -0.2) is 24.5 Å². The quantitative estimate of drug-likeness (QED) is 0.688. The van der Waals surface area contributed by atoms with Gasteiger partial charge < -0.3 is 14.4 Å². The van der Waals surface area contributed by atoms with Crippen LogP contribution in [-0.2, 0) is 24.4 Å². The van der Waals surface area contributed by atoms with Crippen LogP contribution in [0.1, 0.15) is 48.8 Å². The van der Waals surface area contributed by atoms with Crippen molar-refractivity contribution in [2.45, 2.75) is 51.7 Å². The van der Waals surface area contributed by atoms with E-state index in [1.165, 1.54) is 24.0 Å². The third-order valence-corrected chi connectivity index (χ3v) is 8.40. The molecule has 0 spiro atoms. The predicted molar refractivity (Wildman–Crippen MR) is 119 cm³/mol. The van der Waals surface area contributed by atoms with Crippen molar-refractivity contribution in [3.8, 4) is 11.5 Å². The number of nitrogens with zero attached hydrogens (tertiary/aromatic N) is 1. The first-order valence-corrected chi connectivity index (χ1v) is 11.8. The molecule has 0 saturated heterocycles. The van der Waals surface area contributed by atoms with E-state index in [1.54, 1.807) is 7.11 Å². The summed E-state index contributed by atoms with van der Waals surface area (Å²) >= 11 is 0. The first-order chi connectivity index (χ1) is 15.1. The molecule has 1 amide bonds. The Kier molecular flexibility index (Phi) is 4.52. The molecule has 4 nitrogen and oxygen atoms in total. The Labute approximate surface area is 184 Å². The topological polar surface area (TPSA) is 38.8 Å². The molecule has 7 rings (SSSR count). The predicted octanol–water partition coefficient (Wildman–Crippen LogP) is 4.99. The zero-order chi connectivity index (χ0) is 21.0. The number of methoxy groups -OCH3 is 1. The fourth-order valence-electron chi connectivity index (χ4n) is 7.15. The number of rotatable bonds is 5. The molecule has 2 atom stereocenters. The second-order valence-corrected chi connectivity index (χ2v) is 10.3. The van der Waals surface area contributed by atoms with E-state index >= 15 is 0 Å². The van der Waals surface area contributed by atoms with E-state index in [0.717, 1.165) is 67.0 Å². The Morgan fingerprint density at radius 1 is 1.03 bits per heavy atom. The highest BCUT2D eigenvalue weighted by molar-refractivity contribution is 5.84. The first kappa shape index (κ1) is 19.2. The lowest BCUT2D eigenvalue weighted by Crippen LogP contribution is -2.47. The van der Waals surface area contributed by atoms with Crippen molar-refractivity contribution >= 4 is 5.91 Å². The van der Waals surface area contributed by atoms with E-state index in [9.17, 15) is 4.79 Å². The van der Waals surface area contributed by atoms with Gasteiger partial charge in [0.15, 0.2) is 11.5 Å². The van der Waals surface area contributed by atoms with Crippen molar-refractivity contribution in [1.82, 2.24) is 4.90 Å². The van der Waals surface area contributed by atoms with E-state index in [-0.39, 0.29) is 5.41 Å². The summed E-state index contributed by atoms with van der Waals surface area (Å²) < 4.78 is 11.8. The molecule has 4 saturated carbocycles. The van der Waals surface area contributed by atoms with Gasteiger partial charge in [0, 0.05) is 13.1 Å². The van der Waals surface area contributed by atoms with Crippen molar-refractivity contribution in [3.63, 3.8) is 0 Å². The fourth-order valence-corrected chi connectivity index (χ4v) is 7.15.